The maximum absolute atomic E-state index is 11.0. The van der Waals surface area contributed by atoms with Gasteiger partial charge in [-0.2, -0.15) is 0 Å². The van der Waals surface area contributed by atoms with Crippen LogP contribution in [0.2, 0.25) is 0 Å². The molecule has 0 amide bonds. The van der Waals surface area contributed by atoms with E-state index in [1.807, 2.05) is 18.2 Å². The van der Waals surface area contributed by atoms with Crippen LogP contribution in [0.5, 0.6) is 17.2 Å². The van der Waals surface area contributed by atoms with Gasteiger partial charge in [0, 0.05) is 40.5 Å². The Bertz CT molecular complexity index is 1560. The summed E-state index contributed by atoms with van der Waals surface area (Å²) in [5.74, 6) is 2.25. The van der Waals surface area contributed by atoms with Gasteiger partial charge in [-0.1, -0.05) is 95.0 Å². The summed E-state index contributed by atoms with van der Waals surface area (Å²) in [6.07, 6.45) is 13.3. The maximum atomic E-state index is 11.0. The summed E-state index contributed by atoms with van der Waals surface area (Å²) in [5, 5.41) is 11.0. The Morgan fingerprint density at radius 1 is 0.561 bits per heavy atom. The molecule has 3 aliphatic heterocycles. The first kappa shape index (κ1) is 26.0. The molecular weight excluding hydrogens is 504 g/mol. The molecule has 0 fully saturated rings. The van der Waals surface area contributed by atoms with Crippen LogP contribution in [-0.2, 0) is 0 Å². The largest absolute Gasteiger partial charge is 0.506 e. The van der Waals surface area contributed by atoms with E-state index in [1.165, 1.54) is 92.3 Å². The molecule has 0 saturated carbocycles. The Morgan fingerprint density at radius 3 is 1.76 bits per heavy atom. The first-order valence-corrected chi connectivity index (χ1v) is 15.7. The molecule has 3 aliphatic rings. The van der Waals surface area contributed by atoms with Gasteiger partial charge >= 0.3 is 0 Å². The predicted octanol–water partition coefficient (Wildman–Crippen LogP) is 10.8. The first-order chi connectivity index (χ1) is 20.3. The molecule has 3 heterocycles. The van der Waals surface area contributed by atoms with Gasteiger partial charge in [-0.25, -0.2) is 0 Å². The normalized spacial score (nSPS) is 15.5. The van der Waals surface area contributed by atoms with Crippen LogP contribution < -0.4 is 14.5 Å². The second-order valence-electron chi connectivity index (χ2n) is 11.8. The van der Waals surface area contributed by atoms with E-state index in [-0.39, 0.29) is 11.7 Å². The standard InChI is InChI=1S/C37H40N2O2/c1-2-3-4-5-6-7-8-9-10-13-25-38-27-18-14-20-29-34(27)37-35-28(38)19-15-23-32(35)41-33-24-16-21-30(36(33)37)39(29)26-17-11-12-22-31(26)40/h11-12,14-24,37,40H,2-10,13,25H2,1H3. The van der Waals surface area contributed by atoms with Gasteiger partial charge in [-0.05, 0) is 55.0 Å². The highest BCUT2D eigenvalue weighted by Gasteiger charge is 2.45. The van der Waals surface area contributed by atoms with Crippen molar-refractivity contribution in [2.75, 3.05) is 16.3 Å². The van der Waals surface area contributed by atoms with E-state index in [9.17, 15) is 5.11 Å². The fourth-order valence-electron chi connectivity index (χ4n) is 7.24. The van der Waals surface area contributed by atoms with E-state index in [4.69, 9.17) is 4.74 Å². The van der Waals surface area contributed by atoms with E-state index >= 15 is 0 Å². The van der Waals surface area contributed by atoms with E-state index < -0.39 is 0 Å². The minimum atomic E-state index is 0.110. The zero-order chi connectivity index (χ0) is 27.8. The van der Waals surface area contributed by atoms with Gasteiger partial charge in [0.1, 0.15) is 17.2 Å². The SMILES string of the molecule is CCCCCCCCCCCCN1c2cccc3c2C2c4c(cccc4N(c4ccccc4O)c4cccc1c42)O3. The van der Waals surface area contributed by atoms with Gasteiger partial charge in [0.25, 0.3) is 0 Å². The van der Waals surface area contributed by atoms with Gasteiger partial charge < -0.3 is 19.6 Å². The van der Waals surface area contributed by atoms with Gasteiger partial charge in [-0.3, -0.25) is 0 Å². The predicted molar refractivity (Wildman–Crippen MR) is 169 cm³/mol. The molecule has 0 bridgehead atoms. The zero-order valence-corrected chi connectivity index (χ0v) is 24.1. The second-order valence-corrected chi connectivity index (χ2v) is 11.8. The molecule has 41 heavy (non-hydrogen) atoms. The van der Waals surface area contributed by atoms with Gasteiger partial charge in [0.2, 0.25) is 0 Å². The summed E-state index contributed by atoms with van der Waals surface area (Å²) in [6.45, 7) is 3.27. The Morgan fingerprint density at radius 2 is 1.07 bits per heavy atom. The topological polar surface area (TPSA) is 35.9 Å². The number of rotatable bonds is 12. The second kappa shape index (κ2) is 11.2. The van der Waals surface area contributed by atoms with E-state index in [2.05, 4.69) is 71.3 Å². The molecule has 1 atom stereocenters. The van der Waals surface area contributed by atoms with Crippen molar-refractivity contribution in [3.05, 3.63) is 95.6 Å². The van der Waals surface area contributed by atoms with Crippen LogP contribution >= 0.6 is 0 Å². The van der Waals surface area contributed by atoms with E-state index in [1.54, 1.807) is 6.07 Å². The monoisotopic (exact) mass is 544 g/mol. The minimum Gasteiger partial charge on any atom is -0.506 e. The lowest BCUT2D eigenvalue weighted by Gasteiger charge is -2.47. The third kappa shape index (κ3) is 4.45. The van der Waals surface area contributed by atoms with Crippen molar-refractivity contribution in [1.29, 1.82) is 0 Å². The van der Waals surface area contributed by atoms with Crippen molar-refractivity contribution in [2.24, 2.45) is 0 Å². The number of phenolic OH excluding ortho intramolecular Hbond substituents is 1. The van der Waals surface area contributed by atoms with Crippen molar-refractivity contribution >= 4 is 28.4 Å². The number of ether oxygens (including phenoxy) is 1. The molecule has 0 aromatic heterocycles. The third-order valence-corrected chi connectivity index (χ3v) is 9.15. The maximum Gasteiger partial charge on any atom is 0.139 e. The average Bonchev–Trinajstić information content (AvgIpc) is 3.00. The van der Waals surface area contributed by atoms with Crippen LogP contribution in [0.3, 0.4) is 0 Å². The Kier molecular flexibility index (Phi) is 7.08. The number of hydrogen-bond acceptors (Lipinski definition) is 4. The van der Waals surface area contributed by atoms with Crippen LogP contribution in [0.15, 0.2) is 78.9 Å². The summed E-state index contributed by atoms with van der Waals surface area (Å²) >= 11 is 0. The minimum absolute atomic E-state index is 0.110. The van der Waals surface area contributed by atoms with E-state index in [0.717, 1.165) is 35.1 Å². The van der Waals surface area contributed by atoms with Crippen LogP contribution in [-0.4, -0.2) is 11.7 Å². The first-order valence-electron chi connectivity index (χ1n) is 15.7. The molecule has 4 nitrogen and oxygen atoms in total. The Hall–Kier alpha value is -3.92. The van der Waals surface area contributed by atoms with Gasteiger partial charge in [-0.15, -0.1) is 0 Å². The van der Waals surface area contributed by atoms with Crippen LogP contribution in [0, 0.1) is 0 Å². The number of benzene rings is 4. The fourth-order valence-corrected chi connectivity index (χ4v) is 7.24. The number of hydrogen-bond donors (Lipinski definition) is 1. The molecule has 1 N–H and O–H groups in total. The molecule has 4 aromatic rings. The molecular formula is C37H40N2O2. The lowest BCUT2D eigenvalue weighted by atomic mass is 9.74. The highest BCUT2D eigenvalue weighted by Crippen LogP contribution is 2.64. The van der Waals surface area contributed by atoms with Crippen molar-refractivity contribution < 1.29 is 9.84 Å². The van der Waals surface area contributed by atoms with Gasteiger partial charge in [0.05, 0.1) is 17.1 Å². The van der Waals surface area contributed by atoms with Crippen LogP contribution in [0.1, 0.15) is 93.7 Å². The molecule has 4 aromatic carbocycles. The Labute approximate surface area is 244 Å². The summed E-state index contributed by atoms with van der Waals surface area (Å²) in [4.78, 5) is 4.76. The van der Waals surface area contributed by atoms with E-state index in [0.29, 0.717) is 0 Å². The highest BCUT2D eigenvalue weighted by molar-refractivity contribution is 5.96. The Balaban J connectivity index is 1.22. The molecule has 0 spiro atoms. The average molecular weight is 545 g/mol. The lowest BCUT2D eigenvalue weighted by Crippen LogP contribution is -2.33. The third-order valence-electron chi connectivity index (χ3n) is 9.15. The van der Waals surface area contributed by atoms with Crippen LogP contribution in [0.4, 0.5) is 28.4 Å². The number of anilines is 5. The summed E-state index contributed by atoms with van der Waals surface area (Å²) in [7, 11) is 0. The summed E-state index contributed by atoms with van der Waals surface area (Å²) in [6, 6.07) is 27.2. The van der Waals surface area contributed by atoms with Crippen molar-refractivity contribution in [2.45, 2.75) is 77.0 Å². The molecule has 0 radical (unpaired) electrons. The number of nitrogens with zero attached hydrogens (tertiary/aromatic N) is 2. The molecule has 210 valence electrons. The zero-order valence-electron chi connectivity index (χ0n) is 24.1. The smallest absolute Gasteiger partial charge is 0.139 e. The molecule has 7 rings (SSSR count). The summed E-state index contributed by atoms with van der Waals surface area (Å²) in [5.41, 5.74) is 9.31. The quantitative estimate of drug-likeness (QED) is 0.155. The van der Waals surface area contributed by atoms with Crippen molar-refractivity contribution in [1.82, 2.24) is 0 Å². The van der Waals surface area contributed by atoms with Crippen molar-refractivity contribution in [3.63, 3.8) is 0 Å². The molecule has 0 aliphatic carbocycles. The summed E-state index contributed by atoms with van der Waals surface area (Å²) < 4.78 is 6.60. The number of aromatic hydroxyl groups is 1. The van der Waals surface area contributed by atoms with Crippen molar-refractivity contribution in [3.8, 4) is 17.2 Å². The number of para-hydroxylation sites is 2. The van der Waals surface area contributed by atoms with Crippen LogP contribution in [0.25, 0.3) is 0 Å². The number of unbranched alkanes of at least 4 members (excludes halogenated alkanes) is 9. The molecule has 1 unspecified atom stereocenters. The number of phenols is 1. The van der Waals surface area contributed by atoms with Gasteiger partial charge in [0.15, 0.2) is 0 Å². The molecule has 0 saturated heterocycles. The highest BCUT2D eigenvalue weighted by atomic mass is 16.5. The molecule has 4 heteroatoms. The fraction of sp³-hybridized carbons (Fsp3) is 0.351. The lowest BCUT2D eigenvalue weighted by molar-refractivity contribution is 0.451.